The van der Waals surface area contributed by atoms with E-state index < -0.39 is 0 Å². The molecule has 1 aliphatic rings. The quantitative estimate of drug-likeness (QED) is 0.782. The largest absolute Gasteiger partial charge is 0.331 e. The van der Waals surface area contributed by atoms with Crippen LogP contribution in [0.4, 0.5) is 0 Å². The number of rotatable bonds is 4. The summed E-state index contributed by atoms with van der Waals surface area (Å²) in [5.74, 6) is 0.540. The summed E-state index contributed by atoms with van der Waals surface area (Å²) in [4.78, 5) is 23.9. The lowest BCUT2D eigenvalue weighted by molar-refractivity contribution is 0.516. The van der Waals surface area contributed by atoms with Gasteiger partial charge in [-0.1, -0.05) is 6.92 Å². The van der Waals surface area contributed by atoms with Gasteiger partial charge in [0.1, 0.15) is 0 Å². The molecule has 88 valence electrons. The van der Waals surface area contributed by atoms with E-state index in [1.54, 1.807) is 10.8 Å². The Morgan fingerprint density at radius 3 is 2.69 bits per heavy atom. The van der Waals surface area contributed by atoms with Crippen molar-refractivity contribution < 1.29 is 0 Å². The molecular formula is C11H15IN2O2. The number of aryl methyl sites for hydroxylation is 1. The summed E-state index contributed by atoms with van der Waals surface area (Å²) in [5, 5.41) is 0. The van der Waals surface area contributed by atoms with Crippen molar-refractivity contribution in [3.05, 3.63) is 30.6 Å². The van der Waals surface area contributed by atoms with Gasteiger partial charge in [0.2, 0.25) is 0 Å². The maximum Gasteiger partial charge on any atom is 0.331 e. The zero-order chi connectivity index (χ0) is 11.7. The van der Waals surface area contributed by atoms with Gasteiger partial charge in [-0.05, 0) is 47.8 Å². The normalized spacial score (nSPS) is 15.4. The minimum absolute atomic E-state index is 0.134. The second kappa shape index (κ2) is 4.73. The molecule has 0 spiro atoms. The second-order valence-electron chi connectivity index (χ2n) is 4.31. The zero-order valence-electron chi connectivity index (χ0n) is 9.28. The molecule has 0 N–H and O–H groups in total. The Kier molecular flexibility index (Phi) is 3.51. The summed E-state index contributed by atoms with van der Waals surface area (Å²) >= 11 is 2.01. The van der Waals surface area contributed by atoms with E-state index in [9.17, 15) is 9.59 Å². The zero-order valence-corrected chi connectivity index (χ0v) is 11.4. The van der Waals surface area contributed by atoms with Crippen LogP contribution < -0.4 is 11.2 Å². The van der Waals surface area contributed by atoms with Crippen molar-refractivity contribution in [3.8, 4) is 0 Å². The van der Waals surface area contributed by atoms with Gasteiger partial charge >= 0.3 is 5.69 Å². The monoisotopic (exact) mass is 334 g/mol. The fourth-order valence-electron chi connectivity index (χ4n) is 1.74. The molecule has 0 amide bonds. The Morgan fingerprint density at radius 2 is 2.12 bits per heavy atom. The van der Waals surface area contributed by atoms with E-state index in [4.69, 9.17) is 0 Å². The van der Waals surface area contributed by atoms with E-state index in [2.05, 4.69) is 0 Å². The van der Waals surface area contributed by atoms with Crippen LogP contribution in [0.25, 0.3) is 0 Å². The first kappa shape index (κ1) is 11.9. The van der Waals surface area contributed by atoms with Gasteiger partial charge in [-0.2, -0.15) is 0 Å². The van der Waals surface area contributed by atoms with Gasteiger partial charge in [0.25, 0.3) is 5.56 Å². The third kappa shape index (κ3) is 2.39. The minimum Gasteiger partial charge on any atom is -0.299 e. The topological polar surface area (TPSA) is 44.0 Å². The maximum absolute atomic E-state index is 12.0. The summed E-state index contributed by atoms with van der Waals surface area (Å²) in [6.45, 7) is 3.30. The third-order valence-electron chi connectivity index (χ3n) is 2.80. The van der Waals surface area contributed by atoms with Crippen LogP contribution in [0.2, 0.25) is 0 Å². The molecule has 1 aromatic rings. The highest BCUT2D eigenvalue weighted by atomic mass is 127. The molecule has 0 radical (unpaired) electrons. The van der Waals surface area contributed by atoms with Gasteiger partial charge in [-0.3, -0.25) is 13.9 Å². The fourth-order valence-corrected chi connectivity index (χ4v) is 2.37. The smallest absolute Gasteiger partial charge is 0.299 e. The average Bonchev–Trinajstić information content (AvgIpc) is 3.05. The second-order valence-corrected chi connectivity index (χ2v) is 5.47. The Bertz CT molecular complexity index is 500. The first-order valence-corrected chi connectivity index (χ1v) is 6.71. The molecule has 0 atom stereocenters. The summed E-state index contributed by atoms with van der Waals surface area (Å²) in [6.07, 6.45) is 4.85. The Balaban J connectivity index is 2.46. The Labute approximate surface area is 107 Å². The van der Waals surface area contributed by atoms with Gasteiger partial charge in [0.15, 0.2) is 0 Å². The van der Waals surface area contributed by atoms with Crippen LogP contribution >= 0.6 is 22.6 Å². The molecule has 0 aromatic carbocycles. The molecule has 2 rings (SSSR count). The first-order chi connectivity index (χ1) is 7.63. The van der Waals surface area contributed by atoms with Crippen molar-refractivity contribution in [2.24, 2.45) is 5.92 Å². The van der Waals surface area contributed by atoms with E-state index in [0.29, 0.717) is 22.6 Å². The van der Waals surface area contributed by atoms with Gasteiger partial charge in [-0.25, -0.2) is 4.79 Å². The number of nitrogens with zero attached hydrogens (tertiary/aromatic N) is 2. The standard InChI is InChI=1S/C11H15IN2O2/c1-2-5-13-7-9(12)10(15)14(11(13)16)6-8-3-4-8/h7-8H,2-6H2,1H3. The van der Waals surface area contributed by atoms with E-state index >= 15 is 0 Å². The van der Waals surface area contributed by atoms with Crippen LogP contribution in [0.1, 0.15) is 26.2 Å². The van der Waals surface area contributed by atoms with E-state index in [1.165, 1.54) is 4.57 Å². The minimum atomic E-state index is -0.154. The molecule has 16 heavy (non-hydrogen) atoms. The third-order valence-corrected chi connectivity index (χ3v) is 3.54. The lowest BCUT2D eigenvalue weighted by Crippen LogP contribution is -2.41. The number of aromatic nitrogens is 2. The molecule has 1 aromatic heterocycles. The van der Waals surface area contributed by atoms with Crippen LogP contribution in [-0.4, -0.2) is 9.13 Å². The highest BCUT2D eigenvalue weighted by Crippen LogP contribution is 2.29. The SMILES string of the molecule is CCCn1cc(I)c(=O)n(CC2CC2)c1=O. The molecule has 0 aliphatic heterocycles. The van der Waals surface area contributed by atoms with Gasteiger partial charge in [-0.15, -0.1) is 0 Å². The Morgan fingerprint density at radius 1 is 1.44 bits per heavy atom. The van der Waals surface area contributed by atoms with Crippen molar-refractivity contribution in [1.29, 1.82) is 0 Å². The molecule has 0 saturated heterocycles. The predicted octanol–water partition coefficient (Wildman–Crippen LogP) is 1.43. The molecule has 5 heteroatoms. The summed E-state index contributed by atoms with van der Waals surface area (Å²) < 4.78 is 3.67. The van der Waals surface area contributed by atoms with Crippen molar-refractivity contribution in [3.63, 3.8) is 0 Å². The lowest BCUT2D eigenvalue weighted by atomic mass is 10.4. The highest BCUT2D eigenvalue weighted by Gasteiger charge is 2.24. The maximum atomic E-state index is 12.0. The van der Waals surface area contributed by atoms with E-state index in [0.717, 1.165) is 19.3 Å². The summed E-state index contributed by atoms with van der Waals surface area (Å²) in [5.41, 5.74) is -0.288. The lowest BCUT2D eigenvalue weighted by Gasteiger charge is -2.09. The molecule has 1 fully saturated rings. The number of hydrogen-bond donors (Lipinski definition) is 0. The molecular weight excluding hydrogens is 319 g/mol. The molecule has 1 saturated carbocycles. The van der Waals surface area contributed by atoms with Gasteiger partial charge in [0.05, 0.1) is 3.57 Å². The van der Waals surface area contributed by atoms with Crippen LogP contribution in [-0.2, 0) is 13.1 Å². The van der Waals surface area contributed by atoms with E-state index in [-0.39, 0.29) is 11.2 Å². The molecule has 4 nitrogen and oxygen atoms in total. The van der Waals surface area contributed by atoms with Crippen LogP contribution in [0.15, 0.2) is 15.8 Å². The van der Waals surface area contributed by atoms with Crippen LogP contribution in [0.5, 0.6) is 0 Å². The Hall–Kier alpha value is -0.590. The number of hydrogen-bond acceptors (Lipinski definition) is 2. The van der Waals surface area contributed by atoms with E-state index in [1.807, 2.05) is 29.5 Å². The van der Waals surface area contributed by atoms with Crippen molar-refractivity contribution in [2.45, 2.75) is 39.3 Å². The molecule has 0 unspecified atom stereocenters. The van der Waals surface area contributed by atoms with Crippen molar-refractivity contribution in [1.82, 2.24) is 9.13 Å². The van der Waals surface area contributed by atoms with Crippen LogP contribution in [0.3, 0.4) is 0 Å². The van der Waals surface area contributed by atoms with Crippen molar-refractivity contribution >= 4 is 22.6 Å². The predicted molar refractivity (Wildman–Crippen MR) is 70.7 cm³/mol. The number of halogens is 1. The summed E-state index contributed by atoms with van der Waals surface area (Å²) in [7, 11) is 0. The first-order valence-electron chi connectivity index (χ1n) is 5.63. The fraction of sp³-hybridized carbons (Fsp3) is 0.636. The molecule has 1 aliphatic carbocycles. The van der Waals surface area contributed by atoms with Gasteiger partial charge in [0, 0.05) is 19.3 Å². The van der Waals surface area contributed by atoms with Gasteiger partial charge < -0.3 is 0 Å². The average molecular weight is 334 g/mol. The summed E-state index contributed by atoms with van der Waals surface area (Å²) in [6, 6.07) is 0. The molecule has 0 bridgehead atoms. The van der Waals surface area contributed by atoms with Crippen molar-refractivity contribution in [2.75, 3.05) is 0 Å². The van der Waals surface area contributed by atoms with Crippen LogP contribution in [0, 0.1) is 9.49 Å². The molecule has 1 heterocycles. The highest BCUT2D eigenvalue weighted by molar-refractivity contribution is 14.1.